The molecule has 0 radical (unpaired) electrons. The molecule has 1 fully saturated rings. The van der Waals surface area contributed by atoms with Crippen LogP contribution in [0.5, 0.6) is 0 Å². The molecule has 170 valence electrons. The summed E-state index contributed by atoms with van der Waals surface area (Å²) in [7, 11) is 1.53. The number of ether oxygens (including phenoxy) is 3. The van der Waals surface area contributed by atoms with Gasteiger partial charge in [-0.15, -0.1) is 11.3 Å². The minimum absolute atomic E-state index is 0.143. The van der Waals surface area contributed by atoms with Crippen LogP contribution >= 0.6 is 11.3 Å². The molecule has 4 rings (SSSR count). The largest absolute Gasteiger partial charge is 0.459 e. The number of thiophene rings is 1. The number of nitrogens with one attached hydrogen (secondary N) is 1. The number of halogens is 1. The van der Waals surface area contributed by atoms with Gasteiger partial charge in [-0.1, -0.05) is 12.1 Å². The van der Waals surface area contributed by atoms with Gasteiger partial charge in [0.15, 0.2) is 0 Å². The third kappa shape index (κ3) is 4.88. The Morgan fingerprint density at radius 2 is 2.12 bits per heavy atom. The van der Waals surface area contributed by atoms with Gasteiger partial charge in [-0.2, -0.15) is 0 Å². The number of aryl methyl sites for hydroxylation is 1. The van der Waals surface area contributed by atoms with E-state index in [4.69, 9.17) is 14.2 Å². The van der Waals surface area contributed by atoms with Crippen LogP contribution in [0.3, 0.4) is 0 Å². The molecule has 1 atom stereocenters. The van der Waals surface area contributed by atoms with Crippen LogP contribution in [-0.2, 0) is 20.8 Å². The van der Waals surface area contributed by atoms with E-state index >= 15 is 0 Å². The molecule has 0 saturated carbocycles. The Labute approximate surface area is 187 Å². The van der Waals surface area contributed by atoms with E-state index in [1.807, 2.05) is 0 Å². The van der Waals surface area contributed by atoms with Crippen molar-refractivity contribution in [3.8, 4) is 0 Å². The van der Waals surface area contributed by atoms with Gasteiger partial charge in [0.05, 0.1) is 31.2 Å². The third-order valence-corrected chi connectivity index (χ3v) is 6.49. The van der Waals surface area contributed by atoms with Crippen LogP contribution in [0.4, 0.5) is 4.39 Å². The average Bonchev–Trinajstić information content (AvgIpc) is 3.11. The van der Waals surface area contributed by atoms with Gasteiger partial charge in [0.25, 0.3) is 5.56 Å². The van der Waals surface area contributed by atoms with Crippen molar-refractivity contribution in [1.82, 2.24) is 14.9 Å². The number of H-pyrrole nitrogens is 1. The van der Waals surface area contributed by atoms with E-state index < -0.39 is 5.97 Å². The number of morpholine rings is 1. The summed E-state index contributed by atoms with van der Waals surface area (Å²) in [4.78, 5) is 35.5. The zero-order chi connectivity index (χ0) is 22.7. The predicted octanol–water partition coefficient (Wildman–Crippen LogP) is 2.81. The number of aromatic amines is 1. The van der Waals surface area contributed by atoms with Crippen molar-refractivity contribution >= 4 is 27.5 Å². The van der Waals surface area contributed by atoms with Crippen molar-refractivity contribution in [2.75, 3.05) is 40.0 Å². The SMILES string of the molecule is COCCOC(=O)c1sc2nc(CN3CCO[C@@H](c4ccc(F)cc4)C3)[nH]c(=O)c2c1C. The zero-order valence-electron chi connectivity index (χ0n) is 17.9. The van der Waals surface area contributed by atoms with E-state index in [0.29, 0.717) is 59.3 Å². The van der Waals surface area contributed by atoms with Gasteiger partial charge in [0.1, 0.15) is 28.0 Å². The second-order valence-corrected chi connectivity index (χ2v) is 8.52. The van der Waals surface area contributed by atoms with Gasteiger partial charge >= 0.3 is 5.97 Å². The average molecular weight is 462 g/mol. The van der Waals surface area contributed by atoms with Gasteiger partial charge in [0.2, 0.25) is 0 Å². The quantitative estimate of drug-likeness (QED) is 0.427. The van der Waals surface area contributed by atoms with Crippen LogP contribution < -0.4 is 5.56 Å². The zero-order valence-corrected chi connectivity index (χ0v) is 18.7. The summed E-state index contributed by atoms with van der Waals surface area (Å²) in [5, 5.41) is 0.406. The maximum Gasteiger partial charge on any atom is 0.348 e. The minimum atomic E-state index is -0.487. The number of hydrogen-bond donors (Lipinski definition) is 1. The molecule has 0 bridgehead atoms. The highest BCUT2D eigenvalue weighted by Gasteiger charge is 2.24. The van der Waals surface area contributed by atoms with Crippen molar-refractivity contribution in [2.45, 2.75) is 19.6 Å². The molecule has 3 heterocycles. The van der Waals surface area contributed by atoms with Crippen LogP contribution in [-0.4, -0.2) is 60.9 Å². The molecule has 1 N–H and O–H groups in total. The Bertz CT molecular complexity index is 1160. The number of methoxy groups -OCH3 is 1. The Morgan fingerprint density at radius 1 is 1.34 bits per heavy atom. The maximum atomic E-state index is 13.2. The fraction of sp³-hybridized carbons (Fsp3) is 0.409. The van der Waals surface area contributed by atoms with E-state index in [-0.39, 0.29) is 24.1 Å². The second-order valence-electron chi connectivity index (χ2n) is 7.52. The fourth-order valence-electron chi connectivity index (χ4n) is 3.68. The number of nitrogens with zero attached hydrogens (tertiary/aromatic N) is 2. The predicted molar refractivity (Wildman–Crippen MR) is 118 cm³/mol. The third-order valence-electron chi connectivity index (χ3n) is 5.32. The Morgan fingerprint density at radius 3 is 2.88 bits per heavy atom. The molecule has 0 amide bonds. The van der Waals surface area contributed by atoms with Gasteiger partial charge in [-0.25, -0.2) is 14.2 Å². The molecular formula is C22H24FN3O5S. The van der Waals surface area contributed by atoms with E-state index in [0.717, 1.165) is 16.9 Å². The van der Waals surface area contributed by atoms with Gasteiger partial charge < -0.3 is 19.2 Å². The van der Waals surface area contributed by atoms with Gasteiger partial charge in [-0.05, 0) is 30.2 Å². The number of carbonyl (C=O) groups is 1. The molecule has 32 heavy (non-hydrogen) atoms. The molecule has 1 aliphatic heterocycles. The van der Waals surface area contributed by atoms with E-state index in [1.54, 1.807) is 19.1 Å². The van der Waals surface area contributed by atoms with Crippen LogP contribution in [0.1, 0.15) is 32.7 Å². The van der Waals surface area contributed by atoms with Crippen molar-refractivity contribution in [3.63, 3.8) is 0 Å². The summed E-state index contributed by atoms with van der Waals surface area (Å²) in [6, 6.07) is 6.28. The first-order valence-electron chi connectivity index (χ1n) is 10.2. The lowest BCUT2D eigenvalue weighted by Crippen LogP contribution is -2.38. The molecule has 8 nitrogen and oxygen atoms in total. The number of hydrogen-bond acceptors (Lipinski definition) is 8. The number of rotatable bonds is 7. The Kier molecular flexibility index (Phi) is 6.95. The first kappa shape index (κ1) is 22.5. The number of aromatic nitrogens is 2. The lowest BCUT2D eigenvalue weighted by molar-refractivity contribution is -0.0336. The smallest absolute Gasteiger partial charge is 0.348 e. The lowest BCUT2D eigenvalue weighted by atomic mass is 10.1. The van der Waals surface area contributed by atoms with Gasteiger partial charge in [-0.3, -0.25) is 9.69 Å². The minimum Gasteiger partial charge on any atom is -0.459 e. The first-order chi connectivity index (χ1) is 15.5. The molecule has 0 unspecified atom stereocenters. The topological polar surface area (TPSA) is 93.8 Å². The van der Waals surface area contributed by atoms with Crippen LogP contribution in [0.25, 0.3) is 10.2 Å². The molecule has 3 aromatic rings. The first-order valence-corrected chi connectivity index (χ1v) is 11.1. The molecule has 1 saturated heterocycles. The van der Waals surface area contributed by atoms with Crippen molar-refractivity contribution in [1.29, 1.82) is 0 Å². The number of esters is 1. The lowest BCUT2D eigenvalue weighted by Gasteiger charge is -2.32. The summed E-state index contributed by atoms with van der Waals surface area (Å²) >= 11 is 1.15. The van der Waals surface area contributed by atoms with Crippen LogP contribution in [0.2, 0.25) is 0 Å². The number of fused-ring (bicyclic) bond motifs is 1. The number of carbonyl (C=O) groups excluding carboxylic acids is 1. The van der Waals surface area contributed by atoms with Crippen LogP contribution in [0.15, 0.2) is 29.1 Å². The van der Waals surface area contributed by atoms with Crippen LogP contribution in [0, 0.1) is 12.7 Å². The van der Waals surface area contributed by atoms with Crippen molar-refractivity contribution in [2.24, 2.45) is 0 Å². The van der Waals surface area contributed by atoms with E-state index in [2.05, 4.69) is 14.9 Å². The normalized spacial score (nSPS) is 17.0. The molecule has 10 heteroatoms. The highest BCUT2D eigenvalue weighted by Crippen LogP contribution is 2.28. The molecular weight excluding hydrogens is 437 g/mol. The van der Waals surface area contributed by atoms with Crippen molar-refractivity contribution < 1.29 is 23.4 Å². The maximum absolute atomic E-state index is 13.2. The standard InChI is InChI=1S/C22H24FN3O5S/c1-13-18-20(27)24-17(25-21(18)32-19(13)22(28)31-10-9-29-2)12-26-7-8-30-16(11-26)14-3-5-15(23)6-4-14/h3-6,16H,7-12H2,1-2H3,(H,24,25,27)/t16-/m1/s1. The summed E-state index contributed by atoms with van der Waals surface area (Å²) in [6.07, 6.45) is -0.183. The monoisotopic (exact) mass is 461 g/mol. The summed E-state index contributed by atoms with van der Waals surface area (Å²) in [5.41, 5.74) is 1.19. The molecule has 1 aliphatic rings. The Hall–Kier alpha value is -2.66. The van der Waals surface area contributed by atoms with Gasteiger partial charge in [0, 0.05) is 20.2 Å². The fourth-order valence-corrected chi connectivity index (χ4v) is 4.77. The van der Waals surface area contributed by atoms with Crippen molar-refractivity contribution in [3.05, 3.63) is 62.3 Å². The molecule has 0 aliphatic carbocycles. The summed E-state index contributed by atoms with van der Waals surface area (Å²) in [6.45, 7) is 4.38. The summed E-state index contributed by atoms with van der Waals surface area (Å²) < 4.78 is 29.1. The molecule has 2 aromatic heterocycles. The second kappa shape index (κ2) is 9.86. The Balaban J connectivity index is 1.51. The highest BCUT2D eigenvalue weighted by molar-refractivity contribution is 7.20. The molecule has 0 spiro atoms. The highest BCUT2D eigenvalue weighted by atomic mass is 32.1. The number of benzene rings is 1. The molecule has 1 aromatic carbocycles. The summed E-state index contributed by atoms with van der Waals surface area (Å²) in [5.74, 6) is -0.258. The van der Waals surface area contributed by atoms with E-state index in [9.17, 15) is 14.0 Å². The van der Waals surface area contributed by atoms with E-state index in [1.165, 1.54) is 19.2 Å².